The lowest BCUT2D eigenvalue weighted by Crippen LogP contribution is -2.02. The lowest BCUT2D eigenvalue weighted by molar-refractivity contribution is -0.137. The second-order valence-corrected chi connectivity index (χ2v) is 2.94. The van der Waals surface area contributed by atoms with Crippen molar-refractivity contribution in [1.29, 1.82) is 0 Å². The van der Waals surface area contributed by atoms with E-state index in [-0.39, 0.29) is 12.3 Å². The second kappa shape index (κ2) is 3.43. The number of carboxylic acids is 1. The van der Waals surface area contributed by atoms with E-state index in [1.807, 2.05) is 6.92 Å². The minimum atomic E-state index is -0.800. The van der Waals surface area contributed by atoms with Crippen molar-refractivity contribution in [2.45, 2.75) is 19.3 Å². The molecule has 0 fully saturated rings. The molecule has 0 radical (unpaired) electrons. The monoisotopic (exact) mass is 172 g/mol. The van der Waals surface area contributed by atoms with Crippen molar-refractivity contribution in [3.8, 4) is 0 Å². The standard InChI is InChI=1S/C6H8N2O2S/c1-4(2-6(9)10)5-3-11-8-7-5/h3-4H,2H2,1H3,(H,9,10). The zero-order valence-corrected chi connectivity index (χ0v) is 6.84. The molecule has 0 spiro atoms. The minimum absolute atomic E-state index is 0.0359. The number of carboxylic acid groups (broad SMARTS) is 1. The average Bonchev–Trinajstić information content (AvgIpc) is 2.35. The summed E-state index contributed by atoms with van der Waals surface area (Å²) in [5.74, 6) is -0.836. The van der Waals surface area contributed by atoms with Gasteiger partial charge in [-0.15, -0.1) is 5.10 Å². The maximum atomic E-state index is 10.3. The van der Waals surface area contributed by atoms with Crippen LogP contribution in [0.15, 0.2) is 5.38 Å². The lowest BCUT2D eigenvalue weighted by atomic mass is 10.1. The number of hydrogen-bond donors (Lipinski definition) is 1. The van der Waals surface area contributed by atoms with E-state index in [4.69, 9.17) is 5.11 Å². The lowest BCUT2D eigenvalue weighted by Gasteiger charge is -2.01. The van der Waals surface area contributed by atoms with E-state index < -0.39 is 5.97 Å². The van der Waals surface area contributed by atoms with Crippen LogP contribution in [0.5, 0.6) is 0 Å². The van der Waals surface area contributed by atoms with Crippen LogP contribution in [0, 0.1) is 0 Å². The summed E-state index contributed by atoms with van der Waals surface area (Å²) in [4.78, 5) is 10.3. The molecule has 1 atom stereocenters. The number of rotatable bonds is 3. The second-order valence-electron chi connectivity index (χ2n) is 2.33. The van der Waals surface area contributed by atoms with E-state index in [0.717, 1.165) is 5.69 Å². The zero-order valence-electron chi connectivity index (χ0n) is 6.02. The molecule has 1 rings (SSSR count). The SMILES string of the molecule is CC(CC(=O)O)c1csnn1. The summed E-state index contributed by atoms with van der Waals surface area (Å²) in [6.45, 7) is 1.82. The first-order valence-corrected chi connectivity index (χ1v) is 4.02. The molecule has 4 nitrogen and oxygen atoms in total. The summed E-state index contributed by atoms with van der Waals surface area (Å²) in [6, 6.07) is 0. The van der Waals surface area contributed by atoms with Crippen molar-refractivity contribution in [3.63, 3.8) is 0 Å². The van der Waals surface area contributed by atoms with Gasteiger partial charge in [0, 0.05) is 11.3 Å². The number of nitrogens with zero attached hydrogens (tertiary/aromatic N) is 2. The highest BCUT2D eigenvalue weighted by Crippen LogP contribution is 2.16. The first-order chi connectivity index (χ1) is 5.20. The molecule has 11 heavy (non-hydrogen) atoms. The molecule has 1 aromatic heterocycles. The predicted octanol–water partition coefficient (Wildman–Crippen LogP) is 1.12. The molecule has 0 saturated carbocycles. The Balaban J connectivity index is 2.56. The maximum absolute atomic E-state index is 10.3. The van der Waals surface area contributed by atoms with E-state index >= 15 is 0 Å². The van der Waals surface area contributed by atoms with Gasteiger partial charge in [-0.3, -0.25) is 4.79 Å². The molecule has 1 N–H and O–H groups in total. The van der Waals surface area contributed by atoms with Crippen molar-refractivity contribution in [2.24, 2.45) is 0 Å². The Hall–Kier alpha value is -0.970. The van der Waals surface area contributed by atoms with Crippen LogP contribution in [0.3, 0.4) is 0 Å². The van der Waals surface area contributed by atoms with E-state index in [0.29, 0.717) is 0 Å². The summed E-state index contributed by atoms with van der Waals surface area (Å²) in [5.41, 5.74) is 0.761. The first kappa shape index (κ1) is 8.13. The summed E-state index contributed by atoms with van der Waals surface area (Å²) >= 11 is 1.24. The third kappa shape index (κ3) is 2.27. The van der Waals surface area contributed by atoms with Crippen LogP contribution in [-0.2, 0) is 4.79 Å². The molecule has 1 unspecified atom stereocenters. The maximum Gasteiger partial charge on any atom is 0.304 e. The predicted molar refractivity (Wildman–Crippen MR) is 40.6 cm³/mol. The fourth-order valence-electron chi connectivity index (χ4n) is 0.753. The molecule has 0 aliphatic heterocycles. The molecular weight excluding hydrogens is 164 g/mol. The molecule has 5 heteroatoms. The van der Waals surface area contributed by atoms with Gasteiger partial charge >= 0.3 is 5.97 Å². The van der Waals surface area contributed by atoms with Crippen molar-refractivity contribution < 1.29 is 9.90 Å². The van der Waals surface area contributed by atoms with Gasteiger partial charge in [-0.1, -0.05) is 11.4 Å². The van der Waals surface area contributed by atoms with E-state index in [2.05, 4.69) is 9.59 Å². The quantitative estimate of drug-likeness (QED) is 0.742. The summed E-state index contributed by atoms with van der Waals surface area (Å²) < 4.78 is 3.65. The smallest absolute Gasteiger partial charge is 0.304 e. The minimum Gasteiger partial charge on any atom is -0.481 e. The van der Waals surface area contributed by atoms with Crippen LogP contribution in [0.4, 0.5) is 0 Å². The third-order valence-electron chi connectivity index (χ3n) is 1.36. The van der Waals surface area contributed by atoms with Crippen LogP contribution in [0.2, 0.25) is 0 Å². The first-order valence-electron chi connectivity index (χ1n) is 3.19. The van der Waals surface area contributed by atoms with Gasteiger partial charge < -0.3 is 5.11 Å². The highest BCUT2D eigenvalue weighted by Gasteiger charge is 2.11. The molecule has 1 heterocycles. The number of carbonyl (C=O) groups is 1. The van der Waals surface area contributed by atoms with Gasteiger partial charge in [0.25, 0.3) is 0 Å². The summed E-state index contributed by atoms with van der Waals surface area (Å²) in [7, 11) is 0. The topological polar surface area (TPSA) is 63.1 Å². The number of hydrogen-bond acceptors (Lipinski definition) is 4. The van der Waals surface area contributed by atoms with E-state index in [9.17, 15) is 4.79 Å². The Labute approximate surface area is 68.0 Å². The van der Waals surface area contributed by atoms with Crippen molar-refractivity contribution in [3.05, 3.63) is 11.1 Å². The van der Waals surface area contributed by atoms with E-state index in [1.54, 1.807) is 5.38 Å². The molecule has 0 amide bonds. The Morgan fingerprint density at radius 3 is 3.09 bits per heavy atom. The van der Waals surface area contributed by atoms with Gasteiger partial charge in [-0.05, 0) is 11.5 Å². The van der Waals surface area contributed by atoms with Gasteiger partial charge in [0.2, 0.25) is 0 Å². The van der Waals surface area contributed by atoms with Gasteiger partial charge in [-0.25, -0.2) is 0 Å². The van der Waals surface area contributed by atoms with Crippen molar-refractivity contribution >= 4 is 17.5 Å². The average molecular weight is 172 g/mol. The Morgan fingerprint density at radius 1 is 1.91 bits per heavy atom. The van der Waals surface area contributed by atoms with Gasteiger partial charge in [-0.2, -0.15) is 0 Å². The molecule has 1 aromatic rings. The van der Waals surface area contributed by atoms with Crippen LogP contribution in [-0.4, -0.2) is 20.7 Å². The largest absolute Gasteiger partial charge is 0.481 e. The summed E-state index contributed by atoms with van der Waals surface area (Å²) in [6.07, 6.45) is 0.116. The Morgan fingerprint density at radius 2 is 2.64 bits per heavy atom. The van der Waals surface area contributed by atoms with Crippen molar-refractivity contribution in [2.75, 3.05) is 0 Å². The molecule has 0 bridgehead atoms. The Kier molecular flexibility index (Phi) is 2.53. The molecule has 0 aliphatic rings. The van der Waals surface area contributed by atoms with Crippen LogP contribution < -0.4 is 0 Å². The normalized spacial score (nSPS) is 12.8. The van der Waals surface area contributed by atoms with Gasteiger partial charge in [0.15, 0.2) is 0 Å². The molecular formula is C6H8N2O2S. The highest BCUT2D eigenvalue weighted by atomic mass is 32.1. The fraction of sp³-hybridized carbons (Fsp3) is 0.500. The molecule has 0 aliphatic carbocycles. The number of aliphatic carboxylic acids is 1. The van der Waals surface area contributed by atoms with Gasteiger partial charge in [0.05, 0.1) is 12.1 Å². The Bertz CT molecular complexity index is 235. The van der Waals surface area contributed by atoms with Crippen LogP contribution in [0.1, 0.15) is 25.0 Å². The third-order valence-corrected chi connectivity index (χ3v) is 1.89. The zero-order chi connectivity index (χ0) is 8.27. The highest BCUT2D eigenvalue weighted by molar-refractivity contribution is 7.03. The molecule has 60 valence electrons. The number of aromatic nitrogens is 2. The summed E-state index contributed by atoms with van der Waals surface area (Å²) in [5, 5.41) is 14.0. The van der Waals surface area contributed by atoms with Crippen molar-refractivity contribution in [1.82, 2.24) is 9.59 Å². The fourth-order valence-corrected chi connectivity index (χ4v) is 1.33. The van der Waals surface area contributed by atoms with Crippen LogP contribution >= 0.6 is 11.5 Å². The molecule has 0 saturated heterocycles. The van der Waals surface area contributed by atoms with Gasteiger partial charge in [0.1, 0.15) is 0 Å². The molecule has 0 aromatic carbocycles. The van der Waals surface area contributed by atoms with E-state index in [1.165, 1.54) is 11.5 Å². The van der Waals surface area contributed by atoms with Crippen LogP contribution in [0.25, 0.3) is 0 Å².